The van der Waals surface area contributed by atoms with Gasteiger partial charge in [-0.15, -0.1) is 0 Å². The maximum absolute atomic E-state index is 11.2. The molecule has 0 aliphatic rings. The van der Waals surface area contributed by atoms with Crippen LogP contribution < -0.4 is 25.8 Å². The molecule has 1 unspecified atom stereocenters. The lowest BCUT2D eigenvalue weighted by molar-refractivity contribution is -0.119. The minimum absolute atomic E-state index is 0.0243. The monoisotopic (exact) mass is 360 g/mol. The molecule has 0 fully saturated rings. The first-order chi connectivity index (χ1) is 12.5. The highest BCUT2D eigenvalue weighted by atomic mass is 16.5. The largest absolute Gasteiger partial charge is 0.493 e. The summed E-state index contributed by atoms with van der Waals surface area (Å²) in [7, 11) is 3.26. The van der Waals surface area contributed by atoms with E-state index in [2.05, 4.69) is 22.5 Å². The van der Waals surface area contributed by atoms with E-state index in [0.717, 1.165) is 35.0 Å². The fraction of sp³-hybridized carbons (Fsp3) is 0.474. The van der Waals surface area contributed by atoms with Crippen molar-refractivity contribution in [2.45, 2.75) is 32.7 Å². The van der Waals surface area contributed by atoms with Gasteiger partial charge in [0, 0.05) is 24.8 Å². The van der Waals surface area contributed by atoms with Gasteiger partial charge in [0.25, 0.3) is 0 Å². The zero-order chi connectivity index (χ0) is 19.1. The van der Waals surface area contributed by atoms with Crippen molar-refractivity contribution in [3.63, 3.8) is 0 Å². The number of pyridine rings is 1. The van der Waals surface area contributed by atoms with E-state index in [1.54, 1.807) is 20.4 Å². The highest BCUT2D eigenvalue weighted by Crippen LogP contribution is 2.41. The van der Waals surface area contributed by atoms with Gasteiger partial charge in [-0.05, 0) is 38.3 Å². The van der Waals surface area contributed by atoms with Crippen molar-refractivity contribution >= 4 is 22.5 Å². The fourth-order valence-corrected chi connectivity index (χ4v) is 2.95. The zero-order valence-electron chi connectivity index (χ0n) is 15.9. The van der Waals surface area contributed by atoms with Gasteiger partial charge in [0.1, 0.15) is 0 Å². The zero-order valence-corrected chi connectivity index (χ0v) is 15.9. The minimum Gasteiger partial charge on any atom is -0.493 e. The molecule has 1 amide bonds. The molecule has 0 aliphatic heterocycles. The topological polar surface area (TPSA) is 98.5 Å². The Bertz CT molecular complexity index is 764. The molecule has 1 aromatic heterocycles. The predicted octanol–water partition coefficient (Wildman–Crippen LogP) is 2.22. The molecule has 1 aromatic carbocycles. The Morgan fingerprint density at radius 3 is 2.77 bits per heavy atom. The molecule has 0 bridgehead atoms. The Kier molecular flexibility index (Phi) is 7.03. The average Bonchev–Trinajstić information content (AvgIpc) is 2.65. The van der Waals surface area contributed by atoms with E-state index in [1.165, 1.54) is 0 Å². The maximum atomic E-state index is 11.2. The van der Waals surface area contributed by atoms with Gasteiger partial charge in [-0.25, -0.2) is 0 Å². The highest BCUT2D eigenvalue weighted by Gasteiger charge is 2.17. The van der Waals surface area contributed by atoms with Crippen LogP contribution in [0.15, 0.2) is 18.3 Å². The Hall–Kier alpha value is -2.54. The summed E-state index contributed by atoms with van der Waals surface area (Å²) in [6, 6.07) is 4.08. The third kappa shape index (κ3) is 4.54. The number of hydrogen-bond donors (Lipinski definition) is 3. The number of carbonyl (C=O) groups is 1. The van der Waals surface area contributed by atoms with Crippen LogP contribution in [0, 0.1) is 6.92 Å². The van der Waals surface area contributed by atoms with Gasteiger partial charge in [-0.1, -0.05) is 0 Å². The van der Waals surface area contributed by atoms with Crippen LogP contribution in [-0.4, -0.2) is 44.2 Å². The van der Waals surface area contributed by atoms with Crippen LogP contribution in [0.1, 0.15) is 25.3 Å². The van der Waals surface area contributed by atoms with Gasteiger partial charge in [-0.3, -0.25) is 9.78 Å². The van der Waals surface area contributed by atoms with Gasteiger partial charge in [-0.2, -0.15) is 0 Å². The number of methoxy groups -OCH3 is 2. The van der Waals surface area contributed by atoms with Crippen LogP contribution in [0.2, 0.25) is 0 Å². The van der Waals surface area contributed by atoms with Crippen LogP contribution in [0.4, 0.5) is 5.69 Å². The standard InChI is InChI=1S/C19H28N4O3/c1-12-7-9-22-18-14(10-15(25-3)19(26-4)17(12)18)23-13(2)6-5-8-21-16(24)11-20/h7,9-10,13,23H,5-6,8,11,20H2,1-4H3,(H,21,24). The van der Waals surface area contributed by atoms with Crippen molar-refractivity contribution in [1.82, 2.24) is 10.3 Å². The number of anilines is 1. The second kappa shape index (κ2) is 9.24. The molecule has 142 valence electrons. The molecule has 1 heterocycles. The number of hydrogen-bond acceptors (Lipinski definition) is 6. The molecular weight excluding hydrogens is 332 g/mol. The maximum Gasteiger partial charge on any atom is 0.233 e. The third-order valence-corrected chi connectivity index (χ3v) is 4.29. The number of amides is 1. The summed E-state index contributed by atoms with van der Waals surface area (Å²) in [6.45, 7) is 4.77. The van der Waals surface area contributed by atoms with Gasteiger partial charge in [0.05, 0.1) is 37.4 Å². The molecule has 26 heavy (non-hydrogen) atoms. The van der Waals surface area contributed by atoms with Crippen molar-refractivity contribution in [2.75, 3.05) is 32.6 Å². The average molecular weight is 360 g/mol. The van der Waals surface area contributed by atoms with Crippen molar-refractivity contribution in [2.24, 2.45) is 5.73 Å². The van der Waals surface area contributed by atoms with Crippen molar-refractivity contribution < 1.29 is 14.3 Å². The smallest absolute Gasteiger partial charge is 0.233 e. The molecule has 7 nitrogen and oxygen atoms in total. The number of carbonyl (C=O) groups excluding carboxylic acids is 1. The Balaban J connectivity index is 2.19. The van der Waals surface area contributed by atoms with Gasteiger partial charge >= 0.3 is 0 Å². The van der Waals surface area contributed by atoms with E-state index >= 15 is 0 Å². The minimum atomic E-state index is -0.129. The number of nitrogens with zero attached hydrogens (tertiary/aromatic N) is 1. The molecular formula is C19H28N4O3. The normalized spacial score (nSPS) is 11.9. The van der Waals surface area contributed by atoms with Crippen LogP contribution in [-0.2, 0) is 4.79 Å². The van der Waals surface area contributed by atoms with Gasteiger partial charge in [0.15, 0.2) is 11.5 Å². The number of nitrogens with one attached hydrogen (secondary N) is 2. The lowest BCUT2D eigenvalue weighted by Gasteiger charge is -2.20. The fourth-order valence-electron chi connectivity index (χ4n) is 2.95. The molecule has 0 aliphatic carbocycles. The first-order valence-electron chi connectivity index (χ1n) is 8.75. The molecule has 0 saturated carbocycles. The van der Waals surface area contributed by atoms with E-state index in [1.807, 2.05) is 19.1 Å². The van der Waals surface area contributed by atoms with E-state index in [0.29, 0.717) is 18.0 Å². The van der Waals surface area contributed by atoms with Crippen LogP contribution in [0.25, 0.3) is 10.9 Å². The molecule has 0 spiro atoms. The first-order valence-corrected chi connectivity index (χ1v) is 8.75. The summed E-state index contributed by atoms with van der Waals surface area (Å²) in [4.78, 5) is 15.7. The molecule has 2 rings (SSSR count). The van der Waals surface area contributed by atoms with E-state index < -0.39 is 0 Å². The second-order valence-corrected chi connectivity index (χ2v) is 6.25. The van der Waals surface area contributed by atoms with E-state index in [-0.39, 0.29) is 18.5 Å². The number of nitrogens with two attached hydrogens (primary N) is 1. The SMILES string of the molecule is COc1cc(NC(C)CCCNC(=O)CN)c2nccc(C)c2c1OC. The summed E-state index contributed by atoms with van der Waals surface area (Å²) in [5, 5.41) is 7.23. The van der Waals surface area contributed by atoms with Crippen LogP contribution >= 0.6 is 0 Å². The summed E-state index contributed by atoms with van der Waals surface area (Å²) in [5.74, 6) is 1.23. The second-order valence-electron chi connectivity index (χ2n) is 6.25. The Morgan fingerprint density at radius 1 is 1.35 bits per heavy atom. The number of ether oxygens (including phenoxy) is 2. The summed E-state index contributed by atoms with van der Waals surface area (Å²) < 4.78 is 11.1. The summed E-state index contributed by atoms with van der Waals surface area (Å²) in [5.41, 5.74) is 8.11. The Labute approximate surface area is 154 Å². The third-order valence-electron chi connectivity index (χ3n) is 4.29. The van der Waals surface area contributed by atoms with Crippen molar-refractivity contribution in [3.05, 3.63) is 23.9 Å². The van der Waals surface area contributed by atoms with Crippen LogP contribution in [0.5, 0.6) is 11.5 Å². The molecule has 0 saturated heterocycles. The predicted molar refractivity (Wildman–Crippen MR) is 104 cm³/mol. The Morgan fingerprint density at radius 2 is 2.12 bits per heavy atom. The van der Waals surface area contributed by atoms with Gasteiger partial charge in [0.2, 0.25) is 5.91 Å². The number of aryl methyl sites for hydroxylation is 1. The lowest BCUT2D eigenvalue weighted by atomic mass is 10.1. The van der Waals surface area contributed by atoms with Gasteiger partial charge < -0.3 is 25.8 Å². The van der Waals surface area contributed by atoms with E-state index in [9.17, 15) is 4.79 Å². The van der Waals surface area contributed by atoms with E-state index in [4.69, 9.17) is 15.2 Å². The number of rotatable bonds is 9. The molecule has 0 radical (unpaired) electrons. The molecule has 7 heteroatoms. The first kappa shape index (κ1) is 19.8. The quantitative estimate of drug-likeness (QED) is 0.593. The van der Waals surface area contributed by atoms with Crippen LogP contribution in [0.3, 0.4) is 0 Å². The summed E-state index contributed by atoms with van der Waals surface area (Å²) in [6.07, 6.45) is 3.55. The highest BCUT2D eigenvalue weighted by molar-refractivity contribution is 5.99. The lowest BCUT2D eigenvalue weighted by Crippen LogP contribution is -2.31. The summed E-state index contributed by atoms with van der Waals surface area (Å²) >= 11 is 0. The number of fused-ring (bicyclic) bond motifs is 1. The number of benzene rings is 1. The van der Waals surface area contributed by atoms with Crippen molar-refractivity contribution in [1.29, 1.82) is 0 Å². The number of aromatic nitrogens is 1. The molecule has 1 atom stereocenters. The molecule has 4 N–H and O–H groups in total. The molecule has 2 aromatic rings. The van der Waals surface area contributed by atoms with Crippen molar-refractivity contribution in [3.8, 4) is 11.5 Å².